The second-order valence-corrected chi connectivity index (χ2v) is 17.4. The fourth-order valence-corrected chi connectivity index (χ4v) is 10.2. The van der Waals surface area contributed by atoms with Gasteiger partial charge in [0.2, 0.25) is 0 Å². The Kier molecular flexibility index (Phi) is 8.22. The molecule has 1 aromatic heterocycles. The highest BCUT2D eigenvalue weighted by Crippen LogP contribution is 2.62. The lowest BCUT2D eigenvalue weighted by molar-refractivity contribution is 0.694. The van der Waals surface area contributed by atoms with E-state index in [1.807, 2.05) is 0 Å². The van der Waals surface area contributed by atoms with Crippen LogP contribution in [0.4, 0.5) is 17.1 Å². The van der Waals surface area contributed by atoms with Crippen molar-refractivity contribution >= 4 is 62.2 Å². The molecule has 2 nitrogen and oxygen atoms in total. The quantitative estimate of drug-likeness (QED) is 0.147. The zero-order valence-electron chi connectivity index (χ0n) is 34.5. The van der Waals surface area contributed by atoms with Gasteiger partial charge in [0.25, 0.3) is 0 Å². The van der Waals surface area contributed by atoms with Crippen LogP contribution in [0.15, 0.2) is 194 Å². The topological polar surface area (TPSA) is 8.17 Å². The van der Waals surface area contributed by atoms with Gasteiger partial charge in [-0.15, -0.1) is 0 Å². The lowest BCUT2D eigenvalue weighted by Crippen LogP contribution is -2.19. The summed E-state index contributed by atoms with van der Waals surface area (Å²) in [5.41, 5.74) is 20.4. The van der Waals surface area contributed by atoms with Crippen molar-refractivity contribution < 1.29 is 0 Å². The number of para-hydroxylation sites is 3. The summed E-state index contributed by atoms with van der Waals surface area (Å²) in [5, 5.41) is 2.47. The monoisotopic (exact) mass is 770 g/mol. The fourth-order valence-electron chi connectivity index (χ4n) is 10.2. The average Bonchev–Trinajstić information content (AvgIpc) is 3.85. The highest BCUT2D eigenvalue weighted by molar-refractivity contribution is 6.11. The maximum absolute atomic E-state index is 2.44. The molecule has 0 fully saturated rings. The van der Waals surface area contributed by atoms with E-state index in [2.05, 4.69) is 243 Å². The molecule has 11 rings (SSSR count). The van der Waals surface area contributed by atoms with Crippen LogP contribution in [0.25, 0.3) is 61.9 Å². The number of benzene rings is 8. The van der Waals surface area contributed by atoms with Gasteiger partial charge in [0.05, 0.1) is 11.0 Å². The zero-order valence-corrected chi connectivity index (χ0v) is 34.5. The van der Waals surface area contributed by atoms with Crippen molar-refractivity contribution in [2.75, 3.05) is 4.90 Å². The third-order valence-electron chi connectivity index (χ3n) is 13.1. The summed E-state index contributed by atoms with van der Waals surface area (Å²) < 4.78 is 2.37. The van der Waals surface area contributed by atoms with Crippen LogP contribution in [0, 0.1) is 0 Å². The van der Waals surface area contributed by atoms with Crippen LogP contribution < -0.4 is 4.90 Å². The number of anilines is 3. The molecule has 0 spiro atoms. The highest BCUT2D eigenvalue weighted by Gasteiger charge is 2.49. The van der Waals surface area contributed by atoms with E-state index >= 15 is 0 Å². The van der Waals surface area contributed by atoms with Gasteiger partial charge in [0.15, 0.2) is 0 Å². The minimum atomic E-state index is -0.0568. The second kappa shape index (κ2) is 13.7. The second-order valence-electron chi connectivity index (χ2n) is 17.4. The number of allylic oxidation sites excluding steroid dienone is 2. The van der Waals surface area contributed by atoms with E-state index in [0.717, 1.165) is 28.3 Å². The predicted octanol–water partition coefficient (Wildman–Crippen LogP) is 15.6. The maximum Gasteiger partial charge on any atom is 0.0542 e. The molecule has 60 heavy (non-hydrogen) atoms. The Balaban J connectivity index is 0.864. The maximum atomic E-state index is 2.44. The van der Waals surface area contributed by atoms with Gasteiger partial charge < -0.3 is 9.47 Å². The van der Waals surface area contributed by atoms with E-state index in [0.29, 0.717) is 0 Å². The first-order valence-corrected chi connectivity index (χ1v) is 21.1. The van der Waals surface area contributed by atoms with Gasteiger partial charge in [-0.05, 0) is 122 Å². The van der Waals surface area contributed by atoms with E-state index in [1.165, 1.54) is 71.9 Å². The molecular formula is C58H46N2. The minimum absolute atomic E-state index is 0.00698. The van der Waals surface area contributed by atoms with Crippen molar-refractivity contribution in [1.29, 1.82) is 0 Å². The van der Waals surface area contributed by atoms with Crippen molar-refractivity contribution in [1.82, 2.24) is 4.57 Å². The molecule has 0 unspecified atom stereocenters. The number of nitrogens with zero attached hydrogens (tertiary/aromatic N) is 2. The van der Waals surface area contributed by atoms with E-state index in [-0.39, 0.29) is 10.8 Å². The lowest BCUT2D eigenvalue weighted by Gasteiger charge is -2.28. The third-order valence-corrected chi connectivity index (χ3v) is 13.1. The van der Waals surface area contributed by atoms with Crippen molar-refractivity contribution in [2.24, 2.45) is 0 Å². The summed E-state index contributed by atoms with van der Waals surface area (Å²) in [6, 6.07) is 70.9. The number of rotatable bonds is 7. The number of fused-ring (bicyclic) bond motifs is 7. The van der Waals surface area contributed by atoms with Crippen LogP contribution >= 0.6 is 0 Å². The van der Waals surface area contributed by atoms with Crippen molar-refractivity contribution in [3.8, 4) is 16.8 Å². The molecule has 8 aromatic carbocycles. The third kappa shape index (κ3) is 5.62. The highest BCUT2D eigenvalue weighted by atomic mass is 15.1. The van der Waals surface area contributed by atoms with Gasteiger partial charge >= 0.3 is 0 Å². The Bertz CT molecular complexity index is 3160. The number of hydrogen-bond donors (Lipinski definition) is 0. The summed E-state index contributed by atoms with van der Waals surface area (Å²) >= 11 is 0. The number of aromatic nitrogens is 1. The molecule has 2 heteroatoms. The zero-order chi connectivity index (χ0) is 40.6. The van der Waals surface area contributed by atoms with Crippen LogP contribution in [0.1, 0.15) is 61.1 Å². The van der Waals surface area contributed by atoms with Gasteiger partial charge in [0, 0.05) is 44.4 Å². The van der Waals surface area contributed by atoms with Crippen LogP contribution in [0.3, 0.4) is 0 Å². The lowest BCUT2D eigenvalue weighted by atomic mass is 9.75. The number of hydrogen-bond acceptors (Lipinski definition) is 1. The van der Waals surface area contributed by atoms with Gasteiger partial charge in [-0.3, -0.25) is 0 Å². The Morgan fingerprint density at radius 1 is 0.400 bits per heavy atom. The Labute approximate surface area is 353 Å². The van der Waals surface area contributed by atoms with Crippen LogP contribution in [-0.4, -0.2) is 4.57 Å². The van der Waals surface area contributed by atoms with Crippen LogP contribution in [-0.2, 0) is 10.8 Å². The normalized spacial score (nSPS) is 14.8. The van der Waals surface area contributed by atoms with Crippen molar-refractivity contribution in [2.45, 2.75) is 38.5 Å². The summed E-state index contributed by atoms with van der Waals surface area (Å²) in [5.74, 6) is 0. The van der Waals surface area contributed by atoms with E-state index < -0.39 is 0 Å². The summed E-state index contributed by atoms with van der Waals surface area (Å²) in [6.07, 6.45) is 4.42. The van der Waals surface area contributed by atoms with E-state index in [9.17, 15) is 0 Å². The first kappa shape index (κ1) is 36.0. The molecule has 0 aliphatic heterocycles. The van der Waals surface area contributed by atoms with E-state index in [4.69, 9.17) is 0 Å². The van der Waals surface area contributed by atoms with Crippen LogP contribution in [0.5, 0.6) is 0 Å². The standard InChI is InChI=1S/C58H46N2/c1-57(2)51-21-13-11-20-48(51)55-56(57)49-35-31-42(37-52(49)58(55,3)4)41-29-25-39(26-30-41)23-24-40-27-32-45(33-28-40)59(43-15-7-5-8-16-43)46-34-36-54-50(38-46)47-19-12-14-22-53(47)60(54)44-17-9-6-10-18-44/h5-38H,1-4H3/b24-23+. The molecule has 0 radical (unpaired) electrons. The fraction of sp³-hybridized carbons (Fsp3) is 0.103. The predicted molar refractivity (Wildman–Crippen MR) is 256 cm³/mol. The summed E-state index contributed by atoms with van der Waals surface area (Å²) in [6.45, 7) is 9.59. The molecule has 0 amide bonds. The molecule has 1 heterocycles. The van der Waals surface area contributed by atoms with E-state index in [1.54, 1.807) is 0 Å². The first-order chi connectivity index (χ1) is 29.3. The molecule has 0 N–H and O–H groups in total. The molecular weight excluding hydrogens is 725 g/mol. The SMILES string of the molecule is CC1(C)C2=C(c3ccccc31)C(C)(C)c1cc(-c3ccc(/C=C/c4ccc(N(c5ccccc5)c5ccc6c(c5)c5ccccc5n6-c5ccccc5)cc4)cc3)ccc12. The Morgan fingerprint density at radius 3 is 1.67 bits per heavy atom. The molecule has 0 bridgehead atoms. The largest absolute Gasteiger partial charge is 0.310 e. The van der Waals surface area contributed by atoms with Gasteiger partial charge in [-0.1, -0.05) is 167 Å². The Morgan fingerprint density at radius 2 is 0.933 bits per heavy atom. The van der Waals surface area contributed by atoms with Gasteiger partial charge in [-0.2, -0.15) is 0 Å². The molecule has 9 aromatic rings. The minimum Gasteiger partial charge on any atom is -0.310 e. The van der Waals surface area contributed by atoms with Crippen molar-refractivity contribution in [3.05, 3.63) is 228 Å². The van der Waals surface area contributed by atoms with Crippen molar-refractivity contribution in [3.63, 3.8) is 0 Å². The average molecular weight is 771 g/mol. The molecule has 0 saturated heterocycles. The molecule has 288 valence electrons. The van der Waals surface area contributed by atoms with Crippen LogP contribution in [0.2, 0.25) is 0 Å². The summed E-state index contributed by atoms with van der Waals surface area (Å²) in [4.78, 5) is 2.35. The molecule has 2 aliphatic carbocycles. The van der Waals surface area contributed by atoms with Gasteiger partial charge in [0.1, 0.15) is 0 Å². The smallest absolute Gasteiger partial charge is 0.0542 e. The molecule has 0 saturated carbocycles. The molecule has 2 aliphatic rings. The van der Waals surface area contributed by atoms with Gasteiger partial charge in [-0.25, -0.2) is 0 Å². The summed E-state index contributed by atoms with van der Waals surface area (Å²) in [7, 11) is 0. The molecule has 0 atom stereocenters. The Hall–Kier alpha value is -7.16. The first-order valence-electron chi connectivity index (χ1n) is 21.1.